The van der Waals surface area contributed by atoms with Crippen molar-refractivity contribution in [2.24, 2.45) is 0 Å². The number of hydrogen-bond donors (Lipinski definition) is 0. The second-order valence-corrected chi connectivity index (χ2v) is 16.2. The van der Waals surface area contributed by atoms with Crippen molar-refractivity contribution in [2.45, 2.75) is 0 Å². The van der Waals surface area contributed by atoms with Crippen LogP contribution in [0, 0.1) is 0 Å². The van der Waals surface area contributed by atoms with Gasteiger partial charge >= 0.3 is 0 Å². The van der Waals surface area contributed by atoms with Gasteiger partial charge in [-0.15, -0.1) is 0 Å². The highest BCUT2D eigenvalue weighted by Gasteiger charge is 2.17. The predicted octanol–water partition coefficient (Wildman–Crippen LogP) is 16.2. The maximum absolute atomic E-state index is 2.40. The van der Waals surface area contributed by atoms with Crippen LogP contribution in [0.15, 0.2) is 243 Å². The molecular formula is C60H40N2. The fourth-order valence-corrected chi connectivity index (χ4v) is 9.51. The molecule has 12 aromatic rings. The zero-order valence-corrected chi connectivity index (χ0v) is 34.0. The molecule has 2 heteroatoms. The molecule has 12 rings (SSSR count). The minimum absolute atomic E-state index is 1.15. The summed E-state index contributed by atoms with van der Waals surface area (Å²) in [6.45, 7) is 0. The molecule has 0 unspecified atom stereocenters. The lowest BCUT2D eigenvalue weighted by molar-refractivity contribution is 1.18. The van der Waals surface area contributed by atoms with Gasteiger partial charge in [0.2, 0.25) is 0 Å². The lowest BCUT2D eigenvalue weighted by Gasteiger charge is -2.14. The van der Waals surface area contributed by atoms with E-state index in [9.17, 15) is 0 Å². The maximum Gasteiger partial charge on any atom is 0.0547 e. The van der Waals surface area contributed by atoms with E-state index in [2.05, 4.69) is 252 Å². The Balaban J connectivity index is 1.04. The van der Waals surface area contributed by atoms with E-state index in [1.165, 1.54) is 99.2 Å². The molecule has 0 radical (unpaired) electrons. The van der Waals surface area contributed by atoms with E-state index >= 15 is 0 Å². The van der Waals surface area contributed by atoms with Gasteiger partial charge in [-0.1, -0.05) is 164 Å². The molecule has 2 nitrogen and oxygen atoms in total. The summed E-state index contributed by atoms with van der Waals surface area (Å²) in [5.41, 5.74) is 19.0. The predicted molar refractivity (Wildman–Crippen MR) is 262 cm³/mol. The molecule has 2 aromatic heterocycles. The van der Waals surface area contributed by atoms with Crippen molar-refractivity contribution in [2.75, 3.05) is 0 Å². The number of aromatic nitrogens is 2. The monoisotopic (exact) mass is 788 g/mol. The summed E-state index contributed by atoms with van der Waals surface area (Å²) >= 11 is 0. The number of rotatable bonds is 7. The fourth-order valence-electron chi connectivity index (χ4n) is 9.51. The molecule has 0 spiro atoms. The summed E-state index contributed by atoms with van der Waals surface area (Å²) < 4.78 is 4.81. The van der Waals surface area contributed by atoms with Gasteiger partial charge < -0.3 is 9.13 Å². The third-order valence-corrected chi connectivity index (χ3v) is 12.5. The molecule has 0 aliphatic heterocycles. The standard InChI is InChI=1S/C60H40N2/c1-4-15-41(16-5-1)43-27-31-52(32-28-43)61-58-26-13-11-24-54(58)56-39-46(30-34-59(56)61)49-36-48(45-20-14-19-44(35-45)42-17-6-2-7-18-42)37-50(38-49)47-29-33-55-53-23-10-12-25-57(53)62(60(55)40-47)51-21-8-3-9-22-51/h1-40H. The van der Waals surface area contributed by atoms with Crippen LogP contribution in [0.5, 0.6) is 0 Å². The van der Waals surface area contributed by atoms with Crippen LogP contribution in [-0.2, 0) is 0 Å². The molecule has 62 heavy (non-hydrogen) atoms. The Morgan fingerprint density at radius 2 is 0.548 bits per heavy atom. The molecule has 0 fully saturated rings. The van der Waals surface area contributed by atoms with Gasteiger partial charge in [0.1, 0.15) is 0 Å². The maximum atomic E-state index is 2.40. The van der Waals surface area contributed by atoms with Gasteiger partial charge in [-0.05, 0) is 134 Å². The van der Waals surface area contributed by atoms with Crippen LogP contribution in [0.2, 0.25) is 0 Å². The first kappa shape index (κ1) is 35.7. The lowest BCUT2D eigenvalue weighted by atomic mass is 9.91. The molecule has 0 aliphatic carbocycles. The minimum atomic E-state index is 1.15. The Hall–Kier alpha value is -8.20. The average molecular weight is 789 g/mol. The summed E-state index contributed by atoms with van der Waals surface area (Å²) in [5.74, 6) is 0. The molecule has 0 saturated carbocycles. The molecule has 10 aromatic carbocycles. The van der Waals surface area contributed by atoms with E-state index in [0.717, 1.165) is 11.4 Å². The van der Waals surface area contributed by atoms with Crippen LogP contribution < -0.4 is 0 Å². The smallest absolute Gasteiger partial charge is 0.0547 e. The highest BCUT2D eigenvalue weighted by molar-refractivity contribution is 6.12. The summed E-state index contributed by atoms with van der Waals surface area (Å²) in [4.78, 5) is 0. The first-order chi connectivity index (χ1) is 30.7. The first-order valence-electron chi connectivity index (χ1n) is 21.3. The van der Waals surface area contributed by atoms with Gasteiger partial charge in [-0.25, -0.2) is 0 Å². The van der Waals surface area contributed by atoms with Crippen molar-refractivity contribution in [3.8, 4) is 67.0 Å². The number of benzene rings is 10. The van der Waals surface area contributed by atoms with E-state index in [4.69, 9.17) is 0 Å². The molecule has 0 aliphatic rings. The van der Waals surface area contributed by atoms with Gasteiger partial charge in [0.05, 0.1) is 22.1 Å². The van der Waals surface area contributed by atoms with E-state index in [0.29, 0.717) is 0 Å². The molecule has 0 saturated heterocycles. The Morgan fingerprint density at radius 1 is 0.177 bits per heavy atom. The van der Waals surface area contributed by atoms with Crippen molar-refractivity contribution in [1.82, 2.24) is 9.13 Å². The summed E-state index contributed by atoms with van der Waals surface area (Å²) in [6, 6.07) is 88.5. The Bertz CT molecular complexity index is 3600. The first-order valence-corrected chi connectivity index (χ1v) is 21.3. The normalized spacial score (nSPS) is 11.5. The highest BCUT2D eigenvalue weighted by Crippen LogP contribution is 2.40. The Morgan fingerprint density at radius 3 is 1.19 bits per heavy atom. The summed E-state index contributed by atoms with van der Waals surface area (Å²) in [5, 5.41) is 4.97. The molecule has 0 amide bonds. The van der Waals surface area contributed by atoms with Crippen molar-refractivity contribution >= 4 is 43.6 Å². The van der Waals surface area contributed by atoms with Crippen molar-refractivity contribution in [3.05, 3.63) is 243 Å². The topological polar surface area (TPSA) is 9.86 Å². The van der Waals surface area contributed by atoms with Crippen molar-refractivity contribution in [3.63, 3.8) is 0 Å². The van der Waals surface area contributed by atoms with Crippen molar-refractivity contribution in [1.29, 1.82) is 0 Å². The van der Waals surface area contributed by atoms with Crippen LogP contribution >= 0.6 is 0 Å². The van der Waals surface area contributed by atoms with E-state index in [1.807, 2.05) is 0 Å². The summed E-state index contributed by atoms with van der Waals surface area (Å²) in [7, 11) is 0. The van der Waals surface area contributed by atoms with E-state index in [1.54, 1.807) is 0 Å². The molecular weight excluding hydrogens is 749 g/mol. The zero-order valence-electron chi connectivity index (χ0n) is 34.0. The largest absolute Gasteiger partial charge is 0.309 e. The third-order valence-electron chi connectivity index (χ3n) is 12.5. The van der Waals surface area contributed by atoms with Crippen LogP contribution in [0.4, 0.5) is 0 Å². The zero-order chi connectivity index (χ0) is 41.0. The Labute approximate surface area is 360 Å². The van der Waals surface area contributed by atoms with Crippen molar-refractivity contribution < 1.29 is 0 Å². The summed E-state index contributed by atoms with van der Waals surface area (Å²) in [6.07, 6.45) is 0. The lowest BCUT2D eigenvalue weighted by Crippen LogP contribution is -1.94. The van der Waals surface area contributed by atoms with E-state index in [-0.39, 0.29) is 0 Å². The minimum Gasteiger partial charge on any atom is -0.309 e. The second-order valence-electron chi connectivity index (χ2n) is 16.2. The molecule has 0 atom stereocenters. The Kier molecular flexibility index (Phi) is 8.53. The number of hydrogen-bond acceptors (Lipinski definition) is 0. The molecule has 290 valence electrons. The van der Waals surface area contributed by atoms with Crippen LogP contribution in [0.25, 0.3) is 111 Å². The highest BCUT2D eigenvalue weighted by atomic mass is 15.0. The fraction of sp³-hybridized carbons (Fsp3) is 0. The van der Waals surface area contributed by atoms with Crippen LogP contribution in [0.1, 0.15) is 0 Å². The van der Waals surface area contributed by atoms with Crippen LogP contribution in [-0.4, -0.2) is 9.13 Å². The quantitative estimate of drug-likeness (QED) is 0.152. The number of nitrogens with zero attached hydrogens (tertiary/aromatic N) is 2. The molecule has 0 bridgehead atoms. The number of fused-ring (bicyclic) bond motifs is 6. The van der Waals surface area contributed by atoms with E-state index < -0.39 is 0 Å². The van der Waals surface area contributed by atoms with Gasteiger partial charge in [0.25, 0.3) is 0 Å². The van der Waals surface area contributed by atoms with Gasteiger partial charge in [-0.3, -0.25) is 0 Å². The average Bonchev–Trinajstić information content (AvgIpc) is 3.87. The number of para-hydroxylation sites is 3. The molecule has 0 N–H and O–H groups in total. The van der Waals surface area contributed by atoms with Gasteiger partial charge in [0.15, 0.2) is 0 Å². The second kappa shape index (κ2) is 14.8. The SMILES string of the molecule is c1ccc(-c2ccc(-n3c4ccccc4c4cc(-c5cc(-c6cccc(-c7ccccc7)c6)cc(-c6ccc7c8ccccc8n(-c8ccccc8)c7c6)c5)ccc43)cc2)cc1. The van der Waals surface area contributed by atoms with Gasteiger partial charge in [-0.2, -0.15) is 0 Å². The molecule has 2 heterocycles. The van der Waals surface area contributed by atoms with Crippen LogP contribution in [0.3, 0.4) is 0 Å². The van der Waals surface area contributed by atoms with Gasteiger partial charge in [0, 0.05) is 32.9 Å². The third kappa shape index (κ3) is 6.12.